The van der Waals surface area contributed by atoms with Gasteiger partial charge in [0, 0.05) is 12.1 Å². The maximum atomic E-state index is 13.5. The molecule has 3 aliphatic rings. The lowest BCUT2D eigenvalue weighted by Gasteiger charge is -2.43. The molecule has 3 saturated heterocycles. The SMILES string of the molecule is Cc1ccc(S(=O)(=O)N2[C@@H]3CS(=O)(=O)C[C@@H]3N[C@@H]3CS(=O)(=O)C[C@H]32)cc1C. The van der Waals surface area contributed by atoms with Crippen LogP contribution in [0.4, 0.5) is 0 Å². The van der Waals surface area contributed by atoms with Crippen LogP contribution in [0.25, 0.3) is 0 Å². The Morgan fingerprint density at radius 3 is 1.89 bits per heavy atom. The van der Waals surface area contributed by atoms with Gasteiger partial charge < -0.3 is 5.32 Å². The van der Waals surface area contributed by atoms with Gasteiger partial charge >= 0.3 is 0 Å². The fourth-order valence-electron chi connectivity index (χ4n) is 4.35. The highest BCUT2D eigenvalue weighted by molar-refractivity contribution is 7.92. The van der Waals surface area contributed by atoms with E-state index in [-0.39, 0.29) is 27.9 Å². The molecule has 1 aromatic carbocycles. The van der Waals surface area contributed by atoms with Gasteiger partial charge in [-0.15, -0.1) is 0 Å². The summed E-state index contributed by atoms with van der Waals surface area (Å²) < 4.78 is 76.8. The van der Waals surface area contributed by atoms with E-state index in [4.69, 9.17) is 0 Å². The van der Waals surface area contributed by atoms with Crippen LogP contribution in [-0.4, -0.2) is 76.7 Å². The first-order chi connectivity index (χ1) is 12.4. The number of hydrogen-bond acceptors (Lipinski definition) is 7. The second kappa shape index (κ2) is 5.99. The highest BCUT2D eigenvalue weighted by Gasteiger charge is 2.57. The van der Waals surface area contributed by atoms with Crippen LogP contribution in [0.2, 0.25) is 0 Å². The predicted molar refractivity (Wildman–Crippen MR) is 101 cm³/mol. The van der Waals surface area contributed by atoms with Gasteiger partial charge in [0.15, 0.2) is 19.7 Å². The van der Waals surface area contributed by atoms with Crippen molar-refractivity contribution in [1.29, 1.82) is 0 Å². The molecule has 0 radical (unpaired) electrons. The number of benzene rings is 1. The smallest absolute Gasteiger partial charge is 0.243 e. The van der Waals surface area contributed by atoms with Crippen LogP contribution in [0.3, 0.4) is 0 Å². The van der Waals surface area contributed by atoms with Gasteiger partial charge in [-0.3, -0.25) is 0 Å². The fourth-order valence-corrected chi connectivity index (χ4v) is 10.3. The topological polar surface area (TPSA) is 118 Å². The van der Waals surface area contributed by atoms with Gasteiger partial charge in [-0.05, 0) is 37.1 Å². The first-order valence-corrected chi connectivity index (χ1v) is 13.8. The van der Waals surface area contributed by atoms with E-state index in [1.165, 1.54) is 10.4 Å². The number of aryl methyl sites for hydroxylation is 2. The van der Waals surface area contributed by atoms with Gasteiger partial charge in [0.2, 0.25) is 10.0 Å². The van der Waals surface area contributed by atoms with Gasteiger partial charge in [-0.25, -0.2) is 25.3 Å². The number of rotatable bonds is 2. The Labute approximate surface area is 159 Å². The van der Waals surface area contributed by atoms with Crippen molar-refractivity contribution >= 4 is 29.7 Å². The third kappa shape index (κ3) is 3.23. The molecular formula is C16H22N2O6S3. The van der Waals surface area contributed by atoms with Crippen molar-refractivity contribution < 1.29 is 25.3 Å². The minimum absolute atomic E-state index is 0.0681. The summed E-state index contributed by atoms with van der Waals surface area (Å²) in [6, 6.07) is 1.99. The molecule has 1 aromatic rings. The standard InChI is InChI=1S/C16H22N2O6S3/c1-10-3-4-12(5-11(10)2)27(23,24)18-15-8-25(19,20)6-13(15)17-14-7-26(21,22)9-16(14)18/h3-5,13-17H,6-9H2,1-2H3/t13-,14+,15-,16-/m1/s1. The number of fused-ring (bicyclic) bond motifs is 2. The first kappa shape index (κ1) is 19.3. The maximum Gasteiger partial charge on any atom is 0.243 e. The average Bonchev–Trinajstić information content (AvgIpc) is 2.98. The van der Waals surface area contributed by atoms with E-state index in [0.717, 1.165) is 11.1 Å². The Balaban J connectivity index is 1.84. The Bertz CT molecular complexity index is 1060. The van der Waals surface area contributed by atoms with Gasteiger partial charge in [0.25, 0.3) is 0 Å². The predicted octanol–water partition coefficient (Wildman–Crippen LogP) is -0.771. The molecule has 27 heavy (non-hydrogen) atoms. The number of nitrogens with one attached hydrogen (secondary N) is 1. The molecule has 4 atom stereocenters. The van der Waals surface area contributed by atoms with Gasteiger partial charge in [0.1, 0.15) is 0 Å². The summed E-state index contributed by atoms with van der Waals surface area (Å²) in [7, 11) is -10.8. The van der Waals surface area contributed by atoms with E-state index in [1.54, 1.807) is 19.1 Å². The number of sulfonamides is 1. The van der Waals surface area contributed by atoms with Crippen LogP contribution >= 0.6 is 0 Å². The fraction of sp³-hybridized carbons (Fsp3) is 0.625. The van der Waals surface area contributed by atoms with Crippen molar-refractivity contribution in [1.82, 2.24) is 9.62 Å². The lowest BCUT2D eigenvalue weighted by molar-refractivity contribution is 0.160. The molecule has 3 heterocycles. The zero-order chi connectivity index (χ0) is 19.8. The van der Waals surface area contributed by atoms with Crippen LogP contribution in [0.5, 0.6) is 0 Å². The van der Waals surface area contributed by atoms with E-state index >= 15 is 0 Å². The second-order valence-electron chi connectivity index (χ2n) is 7.75. The largest absolute Gasteiger partial charge is 0.306 e. The zero-order valence-corrected chi connectivity index (χ0v) is 17.4. The number of hydrogen-bond donors (Lipinski definition) is 1. The Morgan fingerprint density at radius 1 is 0.889 bits per heavy atom. The van der Waals surface area contributed by atoms with Crippen molar-refractivity contribution in [3.8, 4) is 0 Å². The van der Waals surface area contributed by atoms with Crippen LogP contribution in [0, 0.1) is 13.8 Å². The lowest BCUT2D eigenvalue weighted by Crippen LogP contribution is -2.67. The molecule has 0 bridgehead atoms. The summed E-state index contributed by atoms with van der Waals surface area (Å²) in [6.07, 6.45) is 0. The number of sulfone groups is 2. The van der Waals surface area contributed by atoms with Gasteiger partial charge in [-0.1, -0.05) is 6.07 Å². The summed E-state index contributed by atoms with van der Waals surface area (Å²) >= 11 is 0. The highest BCUT2D eigenvalue weighted by Crippen LogP contribution is 2.36. The van der Waals surface area contributed by atoms with E-state index in [2.05, 4.69) is 5.32 Å². The Morgan fingerprint density at radius 2 is 1.41 bits per heavy atom. The molecule has 3 aliphatic heterocycles. The third-order valence-corrected chi connectivity index (χ3v) is 11.2. The Hall–Kier alpha value is -1.01. The average molecular weight is 435 g/mol. The van der Waals surface area contributed by atoms with Crippen LogP contribution < -0.4 is 5.32 Å². The normalized spacial score (nSPS) is 34.9. The van der Waals surface area contributed by atoms with Crippen LogP contribution in [-0.2, 0) is 29.7 Å². The van der Waals surface area contributed by atoms with Crippen LogP contribution in [0.1, 0.15) is 11.1 Å². The van der Waals surface area contributed by atoms with Gasteiger partial charge in [0.05, 0.1) is 40.0 Å². The van der Waals surface area contributed by atoms with E-state index < -0.39 is 53.9 Å². The van der Waals surface area contributed by atoms with Crippen molar-refractivity contribution in [3.05, 3.63) is 29.3 Å². The monoisotopic (exact) mass is 434 g/mol. The molecule has 0 unspecified atom stereocenters. The molecule has 0 aliphatic carbocycles. The molecule has 0 aromatic heterocycles. The molecule has 3 fully saturated rings. The molecule has 4 rings (SSSR count). The van der Waals surface area contributed by atoms with E-state index in [1.807, 2.05) is 6.92 Å². The summed E-state index contributed by atoms with van der Waals surface area (Å²) in [4.78, 5) is 0.0681. The van der Waals surface area contributed by atoms with E-state index in [0.29, 0.717) is 0 Å². The first-order valence-electron chi connectivity index (χ1n) is 8.67. The zero-order valence-electron chi connectivity index (χ0n) is 15.0. The molecule has 150 valence electrons. The van der Waals surface area contributed by atoms with Crippen molar-refractivity contribution in [2.24, 2.45) is 0 Å². The van der Waals surface area contributed by atoms with Crippen molar-refractivity contribution in [2.45, 2.75) is 42.9 Å². The molecule has 11 heteroatoms. The summed E-state index contributed by atoms with van der Waals surface area (Å²) in [5.41, 5.74) is 1.74. The van der Waals surface area contributed by atoms with Crippen molar-refractivity contribution in [2.75, 3.05) is 23.0 Å². The minimum Gasteiger partial charge on any atom is -0.306 e. The second-order valence-corrected chi connectivity index (χ2v) is 13.9. The molecule has 0 saturated carbocycles. The van der Waals surface area contributed by atoms with E-state index in [9.17, 15) is 25.3 Å². The summed E-state index contributed by atoms with van der Waals surface area (Å²) in [5.74, 6) is -0.949. The number of nitrogens with zero attached hydrogens (tertiary/aromatic N) is 1. The summed E-state index contributed by atoms with van der Waals surface area (Å²) in [6.45, 7) is 3.67. The summed E-state index contributed by atoms with van der Waals surface area (Å²) in [5, 5.41) is 3.10. The molecular weight excluding hydrogens is 412 g/mol. The maximum absolute atomic E-state index is 13.5. The quantitative estimate of drug-likeness (QED) is 0.649. The third-order valence-electron chi connectivity index (χ3n) is 5.78. The van der Waals surface area contributed by atoms with Crippen LogP contribution in [0.15, 0.2) is 23.1 Å². The number of piperazine rings is 1. The van der Waals surface area contributed by atoms with Crippen molar-refractivity contribution in [3.63, 3.8) is 0 Å². The molecule has 0 spiro atoms. The molecule has 8 nitrogen and oxygen atoms in total. The molecule has 1 N–H and O–H groups in total. The highest BCUT2D eigenvalue weighted by atomic mass is 32.2. The minimum atomic E-state index is -4.05. The Kier molecular flexibility index (Phi) is 4.29. The van der Waals surface area contributed by atoms with Gasteiger partial charge in [-0.2, -0.15) is 4.31 Å². The lowest BCUT2D eigenvalue weighted by atomic mass is 10.0. The molecule has 0 amide bonds.